The minimum atomic E-state index is -3.86. The Morgan fingerprint density at radius 2 is 2.11 bits per heavy atom. The molecule has 8 nitrogen and oxygen atoms in total. The van der Waals surface area contributed by atoms with Crippen LogP contribution in [0.1, 0.15) is 6.92 Å². The van der Waals surface area contributed by atoms with Gasteiger partial charge in [0.05, 0.1) is 15.5 Å². The summed E-state index contributed by atoms with van der Waals surface area (Å²) in [6.45, 7) is 1.67. The maximum Gasteiger partial charge on any atom is 0.262 e. The molecule has 0 radical (unpaired) electrons. The summed E-state index contributed by atoms with van der Waals surface area (Å²) < 4.78 is 24.3. The van der Waals surface area contributed by atoms with Gasteiger partial charge < -0.3 is 5.32 Å². The number of carbonyl (C=O) groups excluding carboxylic acids is 1. The minimum absolute atomic E-state index is 0.0900. The number of thioether (sulfide) groups is 1. The van der Waals surface area contributed by atoms with Gasteiger partial charge in [0, 0.05) is 12.7 Å². The Morgan fingerprint density at radius 1 is 1.37 bits per heavy atom. The van der Waals surface area contributed by atoms with Crippen molar-refractivity contribution in [3.05, 3.63) is 46.1 Å². The molecular weight excluding hydrogens is 408 g/mol. The molecule has 0 aliphatic heterocycles. The molecule has 0 aliphatic carbocycles. The van der Waals surface area contributed by atoms with Crippen LogP contribution in [0.2, 0.25) is 0 Å². The predicted octanol–water partition coefficient (Wildman–Crippen LogP) is 1.76. The van der Waals surface area contributed by atoms with Crippen molar-refractivity contribution >= 4 is 54.9 Å². The van der Waals surface area contributed by atoms with E-state index in [0.717, 1.165) is 11.8 Å². The van der Waals surface area contributed by atoms with Gasteiger partial charge in [0.25, 0.3) is 5.56 Å². The molecule has 1 aromatic carbocycles. The lowest BCUT2D eigenvalue weighted by Crippen LogP contribution is -2.25. The fraction of sp³-hybridized carbons (Fsp3) is 0.188. The summed E-state index contributed by atoms with van der Waals surface area (Å²) in [4.78, 5) is 29.8. The number of benzene rings is 1. The highest BCUT2D eigenvalue weighted by Gasteiger charge is 2.19. The molecule has 0 saturated carbocycles. The van der Waals surface area contributed by atoms with Gasteiger partial charge in [-0.05, 0) is 36.6 Å². The van der Waals surface area contributed by atoms with Crippen molar-refractivity contribution in [2.24, 2.45) is 12.2 Å². The lowest BCUT2D eigenvalue weighted by molar-refractivity contribution is -0.115. The summed E-state index contributed by atoms with van der Waals surface area (Å²) in [5.41, 5.74) is 0.145. The summed E-state index contributed by atoms with van der Waals surface area (Å²) >= 11 is 2.50. The fourth-order valence-corrected chi connectivity index (χ4v) is 4.53. The van der Waals surface area contributed by atoms with Crippen molar-refractivity contribution in [1.29, 1.82) is 0 Å². The van der Waals surface area contributed by atoms with Gasteiger partial charge in [0.2, 0.25) is 15.9 Å². The van der Waals surface area contributed by atoms with Crippen molar-refractivity contribution in [2.45, 2.75) is 22.2 Å². The van der Waals surface area contributed by atoms with E-state index in [9.17, 15) is 18.0 Å². The number of nitrogens with two attached hydrogens (primary N) is 1. The zero-order valence-corrected chi connectivity index (χ0v) is 16.8. The van der Waals surface area contributed by atoms with Crippen LogP contribution in [0.5, 0.6) is 0 Å². The first-order valence-electron chi connectivity index (χ1n) is 7.71. The Bertz CT molecular complexity index is 1180. The van der Waals surface area contributed by atoms with Crippen LogP contribution in [0.15, 0.2) is 50.6 Å². The summed E-state index contributed by atoms with van der Waals surface area (Å²) in [5.74, 6) is -0.355. The predicted molar refractivity (Wildman–Crippen MR) is 107 cm³/mol. The monoisotopic (exact) mass is 424 g/mol. The van der Waals surface area contributed by atoms with Gasteiger partial charge in [-0.1, -0.05) is 17.8 Å². The first-order valence-corrected chi connectivity index (χ1v) is 11.0. The second-order valence-corrected chi connectivity index (χ2v) is 9.48. The van der Waals surface area contributed by atoms with Crippen LogP contribution in [0.3, 0.4) is 0 Å². The molecule has 0 aliphatic rings. The van der Waals surface area contributed by atoms with Gasteiger partial charge >= 0.3 is 0 Å². The van der Waals surface area contributed by atoms with Crippen LogP contribution in [0.4, 0.5) is 5.69 Å². The lowest BCUT2D eigenvalue weighted by atomic mass is 10.3. The molecule has 1 atom stereocenters. The molecule has 0 saturated heterocycles. The average molecular weight is 425 g/mol. The SMILES string of the molecule is CC(Sc1nc2sccc2c(=O)n1C)C(=O)Nc1cccc(S(N)(=O)=O)c1. The molecule has 3 rings (SSSR count). The number of nitrogens with zero attached hydrogens (tertiary/aromatic N) is 2. The number of sulfonamides is 1. The van der Waals surface area contributed by atoms with Crippen molar-refractivity contribution in [3.63, 3.8) is 0 Å². The Balaban J connectivity index is 1.79. The number of hydrogen-bond acceptors (Lipinski definition) is 7. The molecule has 1 unspecified atom stereocenters. The highest BCUT2D eigenvalue weighted by atomic mass is 32.2. The lowest BCUT2D eigenvalue weighted by Gasteiger charge is -2.14. The van der Waals surface area contributed by atoms with E-state index in [0.29, 0.717) is 21.1 Å². The molecule has 2 aromatic heterocycles. The maximum atomic E-state index is 12.5. The van der Waals surface area contributed by atoms with Gasteiger partial charge in [0.15, 0.2) is 5.16 Å². The van der Waals surface area contributed by atoms with Gasteiger partial charge in [-0.2, -0.15) is 0 Å². The molecule has 3 N–H and O–H groups in total. The summed E-state index contributed by atoms with van der Waals surface area (Å²) in [5, 5.41) is 9.94. The standard InChI is InChI=1S/C16H16N4O4S3/c1-9(13(21)18-10-4-3-5-11(8-10)27(17,23)24)26-16-19-14-12(6-7-25-14)15(22)20(16)2/h3-9H,1-2H3,(H,18,21)(H2,17,23,24). The zero-order valence-electron chi connectivity index (χ0n) is 14.4. The van der Waals surface area contributed by atoms with Gasteiger partial charge in [0.1, 0.15) is 4.83 Å². The third-order valence-electron chi connectivity index (χ3n) is 3.75. The van der Waals surface area contributed by atoms with E-state index in [1.54, 1.807) is 31.5 Å². The average Bonchev–Trinajstić information content (AvgIpc) is 3.07. The van der Waals surface area contributed by atoms with E-state index in [2.05, 4.69) is 10.3 Å². The van der Waals surface area contributed by atoms with E-state index in [1.165, 1.54) is 34.1 Å². The van der Waals surface area contributed by atoms with E-state index in [1.807, 2.05) is 0 Å². The topological polar surface area (TPSA) is 124 Å². The number of amides is 1. The number of thiophene rings is 1. The summed E-state index contributed by atoms with van der Waals surface area (Å²) in [6.07, 6.45) is 0. The normalized spacial score (nSPS) is 12.9. The van der Waals surface area contributed by atoms with Crippen molar-refractivity contribution in [3.8, 4) is 0 Å². The molecule has 0 fully saturated rings. The van der Waals surface area contributed by atoms with E-state index >= 15 is 0 Å². The first kappa shape index (κ1) is 19.5. The number of primary sulfonamides is 1. The number of rotatable bonds is 5. The summed E-state index contributed by atoms with van der Waals surface area (Å²) in [6, 6.07) is 7.41. The van der Waals surface area contributed by atoms with Crippen molar-refractivity contribution in [1.82, 2.24) is 9.55 Å². The van der Waals surface area contributed by atoms with Crippen LogP contribution in [-0.4, -0.2) is 29.1 Å². The third-order valence-corrected chi connectivity index (χ3v) is 6.61. The fourth-order valence-electron chi connectivity index (χ4n) is 2.29. The Labute approximate surface area is 163 Å². The molecule has 2 heterocycles. The molecule has 3 aromatic rings. The summed E-state index contributed by atoms with van der Waals surface area (Å²) in [7, 11) is -2.25. The molecule has 27 heavy (non-hydrogen) atoms. The van der Waals surface area contributed by atoms with Gasteiger partial charge in [-0.15, -0.1) is 11.3 Å². The molecular formula is C16H16N4O4S3. The van der Waals surface area contributed by atoms with E-state index in [-0.39, 0.29) is 16.4 Å². The Morgan fingerprint density at radius 3 is 2.81 bits per heavy atom. The van der Waals surface area contributed by atoms with Crippen LogP contribution in [0.25, 0.3) is 10.2 Å². The zero-order chi connectivity index (χ0) is 19.8. The first-order chi connectivity index (χ1) is 12.7. The van der Waals surface area contributed by atoms with E-state index in [4.69, 9.17) is 5.14 Å². The van der Waals surface area contributed by atoms with E-state index < -0.39 is 15.3 Å². The molecule has 0 spiro atoms. The second kappa shape index (κ2) is 7.43. The van der Waals surface area contributed by atoms with Crippen LogP contribution >= 0.6 is 23.1 Å². The minimum Gasteiger partial charge on any atom is -0.325 e. The number of carbonyl (C=O) groups is 1. The second-order valence-electron chi connectivity index (χ2n) is 5.72. The largest absolute Gasteiger partial charge is 0.325 e. The van der Waals surface area contributed by atoms with Gasteiger partial charge in [-0.3, -0.25) is 14.2 Å². The Kier molecular flexibility index (Phi) is 5.38. The molecule has 0 bridgehead atoms. The number of fused-ring (bicyclic) bond motifs is 1. The van der Waals surface area contributed by atoms with Crippen LogP contribution in [-0.2, 0) is 21.9 Å². The third kappa shape index (κ3) is 4.21. The quantitative estimate of drug-likeness (QED) is 0.475. The maximum absolute atomic E-state index is 12.5. The van der Waals surface area contributed by atoms with Crippen molar-refractivity contribution < 1.29 is 13.2 Å². The number of aromatic nitrogens is 2. The van der Waals surface area contributed by atoms with Crippen LogP contribution in [0, 0.1) is 0 Å². The Hall–Kier alpha value is -2.21. The van der Waals surface area contributed by atoms with Gasteiger partial charge in [-0.25, -0.2) is 18.5 Å². The highest BCUT2D eigenvalue weighted by molar-refractivity contribution is 8.00. The van der Waals surface area contributed by atoms with Crippen molar-refractivity contribution in [2.75, 3.05) is 5.32 Å². The number of hydrogen-bond donors (Lipinski definition) is 2. The number of anilines is 1. The molecule has 142 valence electrons. The number of nitrogens with one attached hydrogen (secondary N) is 1. The highest BCUT2D eigenvalue weighted by Crippen LogP contribution is 2.25. The molecule has 1 amide bonds. The molecule has 11 heteroatoms. The van der Waals surface area contributed by atoms with Crippen LogP contribution < -0.4 is 16.0 Å². The smallest absolute Gasteiger partial charge is 0.262 e.